The van der Waals surface area contributed by atoms with E-state index in [1.54, 1.807) is 0 Å². The lowest BCUT2D eigenvalue weighted by Gasteiger charge is -2.20. The van der Waals surface area contributed by atoms with Crippen LogP contribution in [-0.4, -0.2) is 5.91 Å². The molecule has 0 spiro atoms. The average molecular weight is 310 g/mol. The third-order valence-corrected chi connectivity index (χ3v) is 3.91. The Kier molecular flexibility index (Phi) is 4.79. The number of hydrogen-bond donors (Lipinski definition) is 2. The first-order chi connectivity index (χ1) is 10.7. The van der Waals surface area contributed by atoms with Crippen LogP contribution in [0.4, 0.5) is 17.1 Å². The second kappa shape index (κ2) is 6.45. The number of amides is 1. The van der Waals surface area contributed by atoms with Gasteiger partial charge in [-0.3, -0.25) is 4.79 Å². The summed E-state index contributed by atoms with van der Waals surface area (Å²) in [5, 5.41) is 6.32. The molecule has 0 aromatic heterocycles. The molecule has 0 bridgehead atoms. The van der Waals surface area contributed by atoms with Gasteiger partial charge in [0, 0.05) is 24.0 Å². The van der Waals surface area contributed by atoms with Crippen LogP contribution in [0.3, 0.4) is 0 Å². The van der Waals surface area contributed by atoms with Gasteiger partial charge in [0.15, 0.2) is 0 Å². The van der Waals surface area contributed by atoms with Gasteiger partial charge in [-0.1, -0.05) is 32.9 Å². The van der Waals surface area contributed by atoms with Gasteiger partial charge in [0.25, 0.3) is 0 Å². The second-order valence-electron chi connectivity index (χ2n) is 7.12. The summed E-state index contributed by atoms with van der Waals surface area (Å²) in [6.07, 6.45) is 0. The standard InChI is InChI=1S/C20H26N2O/c1-13-12-19(14(2)11-18(13)21-15(3)23)22-17-9-7-16(8-10-17)20(4,5)6/h7-12,22H,1-6H3,(H,21,23). The summed E-state index contributed by atoms with van der Waals surface area (Å²) in [5.74, 6) is -0.0500. The molecule has 0 atom stereocenters. The first-order valence-corrected chi connectivity index (χ1v) is 7.93. The van der Waals surface area contributed by atoms with Crippen LogP contribution in [0.2, 0.25) is 0 Å². The van der Waals surface area contributed by atoms with Crippen LogP contribution in [0.15, 0.2) is 36.4 Å². The Morgan fingerprint density at radius 1 is 0.913 bits per heavy atom. The molecule has 0 unspecified atom stereocenters. The van der Waals surface area contributed by atoms with Gasteiger partial charge in [0.1, 0.15) is 0 Å². The van der Waals surface area contributed by atoms with Gasteiger partial charge < -0.3 is 10.6 Å². The van der Waals surface area contributed by atoms with E-state index in [1.807, 2.05) is 19.9 Å². The van der Waals surface area contributed by atoms with Gasteiger partial charge >= 0.3 is 0 Å². The molecule has 3 heteroatoms. The van der Waals surface area contributed by atoms with Gasteiger partial charge in [-0.15, -0.1) is 0 Å². The number of anilines is 3. The number of benzene rings is 2. The average Bonchev–Trinajstić information content (AvgIpc) is 2.43. The molecule has 3 nitrogen and oxygen atoms in total. The van der Waals surface area contributed by atoms with E-state index in [1.165, 1.54) is 12.5 Å². The van der Waals surface area contributed by atoms with Crippen molar-refractivity contribution in [3.8, 4) is 0 Å². The molecule has 0 aliphatic heterocycles. The molecule has 122 valence electrons. The maximum absolute atomic E-state index is 11.2. The minimum atomic E-state index is -0.0500. The topological polar surface area (TPSA) is 41.1 Å². The lowest BCUT2D eigenvalue weighted by molar-refractivity contribution is -0.114. The van der Waals surface area contributed by atoms with Crippen LogP contribution in [0.1, 0.15) is 44.4 Å². The number of aryl methyl sites for hydroxylation is 2. The fraction of sp³-hybridized carbons (Fsp3) is 0.350. The molecule has 0 saturated heterocycles. The number of nitrogens with one attached hydrogen (secondary N) is 2. The molecule has 0 aliphatic rings. The Morgan fingerprint density at radius 2 is 1.43 bits per heavy atom. The Bertz CT molecular complexity index is 710. The molecule has 0 saturated carbocycles. The van der Waals surface area contributed by atoms with E-state index in [0.717, 1.165) is 28.2 Å². The van der Waals surface area contributed by atoms with Gasteiger partial charge in [-0.05, 0) is 60.2 Å². The molecule has 0 radical (unpaired) electrons. The number of carbonyl (C=O) groups excluding carboxylic acids is 1. The van der Waals surface area contributed by atoms with E-state index < -0.39 is 0 Å². The number of hydrogen-bond acceptors (Lipinski definition) is 2. The first-order valence-electron chi connectivity index (χ1n) is 7.93. The predicted molar refractivity (Wildman–Crippen MR) is 98.6 cm³/mol. The van der Waals surface area contributed by atoms with E-state index >= 15 is 0 Å². The summed E-state index contributed by atoms with van der Waals surface area (Å²) in [5.41, 5.74) is 6.60. The summed E-state index contributed by atoms with van der Waals surface area (Å²) in [6, 6.07) is 12.6. The van der Waals surface area contributed by atoms with Gasteiger partial charge in [-0.25, -0.2) is 0 Å². The highest BCUT2D eigenvalue weighted by atomic mass is 16.1. The molecule has 2 rings (SSSR count). The van der Waals surface area contributed by atoms with Crippen molar-refractivity contribution in [2.75, 3.05) is 10.6 Å². The van der Waals surface area contributed by atoms with Crippen LogP contribution in [0.5, 0.6) is 0 Å². The van der Waals surface area contributed by atoms with Gasteiger partial charge in [0.05, 0.1) is 0 Å². The Morgan fingerprint density at radius 3 is 1.96 bits per heavy atom. The third-order valence-electron chi connectivity index (χ3n) is 3.91. The van der Waals surface area contributed by atoms with Crippen LogP contribution in [-0.2, 0) is 10.2 Å². The smallest absolute Gasteiger partial charge is 0.221 e. The zero-order valence-electron chi connectivity index (χ0n) is 14.9. The van der Waals surface area contributed by atoms with Crippen molar-refractivity contribution in [2.24, 2.45) is 0 Å². The summed E-state index contributed by atoms with van der Waals surface area (Å²) in [4.78, 5) is 11.2. The van der Waals surface area contributed by atoms with E-state index in [2.05, 4.69) is 61.7 Å². The maximum atomic E-state index is 11.2. The van der Waals surface area contributed by atoms with Crippen molar-refractivity contribution in [2.45, 2.75) is 47.0 Å². The maximum Gasteiger partial charge on any atom is 0.221 e. The predicted octanol–water partition coefficient (Wildman–Crippen LogP) is 5.30. The van der Waals surface area contributed by atoms with Crippen LogP contribution in [0, 0.1) is 13.8 Å². The highest BCUT2D eigenvalue weighted by molar-refractivity contribution is 5.90. The van der Waals surface area contributed by atoms with Gasteiger partial charge in [-0.2, -0.15) is 0 Å². The van der Waals surface area contributed by atoms with E-state index in [9.17, 15) is 4.79 Å². The SMILES string of the molecule is CC(=O)Nc1cc(C)c(Nc2ccc(C(C)(C)C)cc2)cc1C. The quantitative estimate of drug-likeness (QED) is 0.807. The lowest BCUT2D eigenvalue weighted by Crippen LogP contribution is -2.10. The van der Waals surface area contributed by atoms with Crippen molar-refractivity contribution in [1.82, 2.24) is 0 Å². The summed E-state index contributed by atoms with van der Waals surface area (Å²) in [7, 11) is 0. The molecule has 2 aromatic carbocycles. The summed E-state index contributed by atoms with van der Waals surface area (Å²) >= 11 is 0. The third kappa shape index (κ3) is 4.35. The zero-order chi connectivity index (χ0) is 17.2. The molecule has 0 aliphatic carbocycles. The monoisotopic (exact) mass is 310 g/mol. The molecule has 23 heavy (non-hydrogen) atoms. The Balaban J connectivity index is 2.23. The first kappa shape index (κ1) is 17.1. The molecule has 2 aromatic rings. The van der Waals surface area contributed by atoms with Crippen molar-refractivity contribution < 1.29 is 4.79 Å². The zero-order valence-corrected chi connectivity index (χ0v) is 14.9. The molecule has 0 heterocycles. The van der Waals surface area contributed by atoms with E-state index in [-0.39, 0.29) is 11.3 Å². The summed E-state index contributed by atoms with van der Waals surface area (Å²) < 4.78 is 0. The molecular weight excluding hydrogens is 284 g/mol. The molecule has 2 N–H and O–H groups in total. The Hall–Kier alpha value is -2.29. The number of rotatable bonds is 3. The highest BCUT2D eigenvalue weighted by Gasteiger charge is 2.13. The number of carbonyl (C=O) groups is 1. The fourth-order valence-corrected chi connectivity index (χ4v) is 2.48. The van der Waals surface area contributed by atoms with Crippen LogP contribution < -0.4 is 10.6 Å². The highest BCUT2D eigenvalue weighted by Crippen LogP contribution is 2.29. The minimum Gasteiger partial charge on any atom is -0.355 e. The normalized spacial score (nSPS) is 11.2. The van der Waals surface area contributed by atoms with E-state index in [0.29, 0.717) is 0 Å². The fourth-order valence-electron chi connectivity index (χ4n) is 2.48. The van der Waals surface area contributed by atoms with Crippen molar-refractivity contribution in [1.29, 1.82) is 0 Å². The van der Waals surface area contributed by atoms with Crippen molar-refractivity contribution >= 4 is 23.0 Å². The van der Waals surface area contributed by atoms with Gasteiger partial charge in [0.2, 0.25) is 5.91 Å². The van der Waals surface area contributed by atoms with Crippen LogP contribution in [0.25, 0.3) is 0 Å². The molecular formula is C20H26N2O. The Labute approximate surface area is 139 Å². The second-order valence-corrected chi connectivity index (χ2v) is 7.12. The minimum absolute atomic E-state index is 0.0500. The van der Waals surface area contributed by atoms with Crippen LogP contribution >= 0.6 is 0 Å². The molecule has 0 fully saturated rings. The van der Waals surface area contributed by atoms with E-state index in [4.69, 9.17) is 0 Å². The largest absolute Gasteiger partial charge is 0.355 e. The lowest BCUT2D eigenvalue weighted by atomic mass is 9.87. The summed E-state index contributed by atoms with van der Waals surface area (Å²) in [6.45, 7) is 12.2. The molecule has 1 amide bonds. The van der Waals surface area contributed by atoms with Crippen molar-refractivity contribution in [3.63, 3.8) is 0 Å². The van der Waals surface area contributed by atoms with Crippen molar-refractivity contribution in [3.05, 3.63) is 53.1 Å².